The molecule has 0 aliphatic carbocycles. The Bertz CT molecular complexity index is 424. The van der Waals surface area contributed by atoms with Crippen LogP contribution in [0.15, 0.2) is 18.2 Å². The molecule has 4 heteroatoms. The van der Waals surface area contributed by atoms with Crippen LogP contribution in [-0.2, 0) is 4.79 Å². The van der Waals surface area contributed by atoms with Gasteiger partial charge in [-0.1, -0.05) is 26.8 Å². The van der Waals surface area contributed by atoms with Crippen molar-refractivity contribution < 1.29 is 9.18 Å². The monoisotopic (exact) mass is 238 g/mol. The Morgan fingerprint density at radius 3 is 2.47 bits per heavy atom. The summed E-state index contributed by atoms with van der Waals surface area (Å²) in [5.41, 5.74) is 6.45. The molecule has 0 fully saturated rings. The van der Waals surface area contributed by atoms with Gasteiger partial charge in [0.15, 0.2) is 0 Å². The lowest BCUT2D eigenvalue weighted by Gasteiger charge is -2.25. The molecule has 0 radical (unpaired) electrons. The van der Waals surface area contributed by atoms with Crippen LogP contribution in [0.25, 0.3) is 0 Å². The topological polar surface area (TPSA) is 55.1 Å². The molecule has 0 spiro atoms. The Labute approximate surface area is 101 Å². The highest BCUT2D eigenvalue weighted by Crippen LogP contribution is 2.19. The van der Waals surface area contributed by atoms with Crippen molar-refractivity contribution in [3.05, 3.63) is 29.6 Å². The van der Waals surface area contributed by atoms with Gasteiger partial charge in [-0.15, -0.1) is 0 Å². The van der Waals surface area contributed by atoms with Crippen LogP contribution in [0.3, 0.4) is 0 Å². The number of hydrogen-bond acceptors (Lipinski definition) is 2. The quantitative estimate of drug-likeness (QED) is 0.831. The van der Waals surface area contributed by atoms with E-state index in [2.05, 4.69) is 5.32 Å². The van der Waals surface area contributed by atoms with Gasteiger partial charge in [-0.3, -0.25) is 4.79 Å². The van der Waals surface area contributed by atoms with Crippen LogP contribution in [0.2, 0.25) is 0 Å². The normalized spacial score (nSPS) is 13.3. The van der Waals surface area contributed by atoms with Crippen molar-refractivity contribution in [1.29, 1.82) is 0 Å². The van der Waals surface area contributed by atoms with E-state index < -0.39 is 6.04 Å². The fraction of sp³-hybridized carbons (Fsp3) is 0.462. The summed E-state index contributed by atoms with van der Waals surface area (Å²) in [6, 6.07) is 3.94. The van der Waals surface area contributed by atoms with Gasteiger partial charge in [0.25, 0.3) is 0 Å². The van der Waals surface area contributed by atoms with E-state index in [0.717, 1.165) is 0 Å². The second kappa shape index (κ2) is 4.84. The number of hydrogen-bond donors (Lipinski definition) is 2. The molecule has 0 aliphatic rings. The summed E-state index contributed by atoms with van der Waals surface area (Å²) in [6.07, 6.45) is 0. The summed E-state index contributed by atoms with van der Waals surface area (Å²) in [7, 11) is 0. The van der Waals surface area contributed by atoms with Crippen LogP contribution >= 0.6 is 0 Å². The molecule has 0 saturated carbocycles. The molecule has 0 saturated heterocycles. The lowest BCUT2D eigenvalue weighted by Crippen LogP contribution is -2.45. The van der Waals surface area contributed by atoms with Gasteiger partial charge in [0.2, 0.25) is 5.91 Å². The van der Waals surface area contributed by atoms with Crippen LogP contribution in [0.1, 0.15) is 26.3 Å². The van der Waals surface area contributed by atoms with Crippen LogP contribution in [0, 0.1) is 18.2 Å². The lowest BCUT2D eigenvalue weighted by atomic mass is 9.87. The first-order valence-corrected chi connectivity index (χ1v) is 5.54. The van der Waals surface area contributed by atoms with Crippen molar-refractivity contribution in [3.8, 4) is 0 Å². The third-order valence-corrected chi connectivity index (χ3v) is 2.65. The molecular formula is C13H19FN2O. The number of nitrogens with two attached hydrogens (primary N) is 1. The third-order valence-electron chi connectivity index (χ3n) is 2.65. The molecule has 1 atom stereocenters. The Morgan fingerprint density at radius 1 is 1.41 bits per heavy atom. The summed E-state index contributed by atoms with van der Waals surface area (Å²) in [5.74, 6) is -0.645. The summed E-state index contributed by atoms with van der Waals surface area (Å²) in [6.45, 7) is 7.31. The number of nitrogens with one attached hydrogen (secondary N) is 1. The van der Waals surface area contributed by atoms with Crippen LogP contribution < -0.4 is 11.1 Å². The molecule has 1 aromatic carbocycles. The molecule has 1 unspecified atom stereocenters. The van der Waals surface area contributed by atoms with E-state index >= 15 is 0 Å². The van der Waals surface area contributed by atoms with Gasteiger partial charge < -0.3 is 11.1 Å². The predicted octanol–water partition coefficient (Wildman–Crippen LogP) is 2.45. The summed E-state index contributed by atoms with van der Waals surface area (Å²) in [4.78, 5) is 11.8. The second-order valence-corrected chi connectivity index (χ2v) is 5.30. The average molecular weight is 238 g/mol. The average Bonchev–Trinajstić information content (AvgIpc) is 2.21. The summed E-state index contributed by atoms with van der Waals surface area (Å²) < 4.78 is 13.3. The lowest BCUT2D eigenvalue weighted by molar-refractivity contribution is -0.119. The minimum Gasteiger partial charge on any atom is -0.325 e. The van der Waals surface area contributed by atoms with Gasteiger partial charge >= 0.3 is 0 Å². The molecule has 0 aromatic heterocycles. The Kier molecular flexibility index (Phi) is 3.88. The number of rotatable bonds is 2. The molecule has 0 bridgehead atoms. The molecule has 1 rings (SSSR count). The zero-order chi connectivity index (χ0) is 13.2. The van der Waals surface area contributed by atoms with Crippen molar-refractivity contribution in [1.82, 2.24) is 0 Å². The predicted molar refractivity (Wildman–Crippen MR) is 67.2 cm³/mol. The van der Waals surface area contributed by atoms with Crippen LogP contribution in [0.5, 0.6) is 0 Å². The summed E-state index contributed by atoms with van der Waals surface area (Å²) >= 11 is 0. The number of carbonyl (C=O) groups is 1. The van der Waals surface area contributed by atoms with E-state index in [1.165, 1.54) is 6.07 Å². The van der Waals surface area contributed by atoms with E-state index in [4.69, 9.17) is 5.73 Å². The maximum Gasteiger partial charge on any atom is 0.241 e. The van der Waals surface area contributed by atoms with Crippen molar-refractivity contribution >= 4 is 11.6 Å². The first-order valence-electron chi connectivity index (χ1n) is 5.54. The van der Waals surface area contributed by atoms with Crippen molar-refractivity contribution in [2.24, 2.45) is 11.1 Å². The maximum atomic E-state index is 13.3. The molecule has 3 N–H and O–H groups in total. The van der Waals surface area contributed by atoms with Crippen molar-refractivity contribution in [2.75, 3.05) is 5.32 Å². The molecule has 1 amide bonds. The van der Waals surface area contributed by atoms with E-state index in [-0.39, 0.29) is 17.1 Å². The fourth-order valence-electron chi connectivity index (χ4n) is 1.28. The minimum atomic E-state index is -0.633. The molecule has 0 aliphatic heterocycles. The zero-order valence-electron chi connectivity index (χ0n) is 10.7. The van der Waals surface area contributed by atoms with E-state index in [0.29, 0.717) is 11.3 Å². The molecule has 3 nitrogen and oxygen atoms in total. The van der Waals surface area contributed by atoms with Gasteiger partial charge in [-0.2, -0.15) is 0 Å². The Hall–Kier alpha value is -1.42. The Morgan fingerprint density at radius 2 is 2.00 bits per heavy atom. The third kappa shape index (κ3) is 3.53. The first-order chi connectivity index (χ1) is 7.71. The van der Waals surface area contributed by atoms with Gasteiger partial charge in [-0.25, -0.2) is 4.39 Å². The molecular weight excluding hydrogens is 219 g/mol. The number of benzene rings is 1. The number of anilines is 1. The van der Waals surface area contributed by atoms with Crippen LogP contribution in [0.4, 0.5) is 10.1 Å². The smallest absolute Gasteiger partial charge is 0.241 e. The number of aryl methyl sites for hydroxylation is 1. The minimum absolute atomic E-state index is 0.305. The first kappa shape index (κ1) is 13.6. The highest BCUT2D eigenvalue weighted by Gasteiger charge is 2.27. The van der Waals surface area contributed by atoms with E-state index in [1.807, 2.05) is 20.8 Å². The second-order valence-electron chi connectivity index (χ2n) is 5.30. The highest BCUT2D eigenvalue weighted by atomic mass is 19.1. The van der Waals surface area contributed by atoms with Gasteiger partial charge in [0, 0.05) is 5.69 Å². The van der Waals surface area contributed by atoms with Crippen molar-refractivity contribution in [2.45, 2.75) is 33.7 Å². The van der Waals surface area contributed by atoms with Gasteiger partial charge in [0.1, 0.15) is 5.82 Å². The number of halogens is 1. The maximum absolute atomic E-state index is 13.3. The molecule has 0 heterocycles. The molecule has 94 valence electrons. The SMILES string of the molecule is Cc1ccc(NC(=O)C(N)C(C)(C)C)cc1F. The number of carbonyl (C=O) groups excluding carboxylic acids is 1. The largest absolute Gasteiger partial charge is 0.325 e. The zero-order valence-corrected chi connectivity index (χ0v) is 10.7. The standard InChI is InChI=1S/C13H19FN2O/c1-8-5-6-9(7-10(8)14)16-12(17)11(15)13(2,3)4/h5-7,11H,15H2,1-4H3,(H,16,17). The summed E-state index contributed by atoms with van der Waals surface area (Å²) in [5, 5.41) is 2.61. The van der Waals surface area contributed by atoms with Gasteiger partial charge in [-0.05, 0) is 30.0 Å². The fourth-order valence-corrected chi connectivity index (χ4v) is 1.28. The van der Waals surface area contributed by atoms with E-state index in [9.17, 15) is 9.18 Å². The van der Waals surface area contributed by atoms with E-state index in [1.54, 1.807) is 19.1 Å². The number of amides is 1. The van der Waals surface area contributed by atoms with Crippen LogP contribution in [-0.4, -0.2) is 11.9 Å². The molecule has 1 aromatic rings. The Balaban J connectivity index is 2.78. The van der Waals surface area contributed by atoms with Gasteiger partial charge in [0.05, 0.1) is 6.04 Å². The van der Waals surface area contributed by atoms with Crippen molar-refractivity contribution in [3.63, 3.8) is 0 Å². The highest BCUT2D eigenvalue weighted by molar-refractivity contribution is 5.95. The molecule has 17 heavy (non-hydrogen) atoms.